The first-order chi connectivity index (χ1) is 12.6. The number of amides is 2. The molecule has 1 atom stereocenters. The summed E-state index contributed by atoms with van der Waals surface area (Å²) in [6, 6.07) is 5.08. The molecule has 0 aliphatic rings. The summed E-state index contributed by atoms with van der Waals surface area (Å²) < 4.78 is 38.3. The molecule has 1 heterocycles. The molecule has 1 aromatic carbocycles. The van der Waals surface area contributed by atoms with Crippen molar-refractivity contribution in [1.29, 1.82) is 0 Å². The number of rotatable bonds is 7. The van der Waals surface area contributed by atoms with E-state index in [1.54, 1.807) is 10.9 Å². The Balaban J connectivity index is 2.08. The van der Waals surface area contributed by atoms with Crippen molar-refractivity contribution in [3.8, 4) is 0 Å². The smallest absolute Gasteiger partial charge is 0.319 e. The number of nitrogens with one attached hydrogen (secondary N) is 2. The van der Waals surface area contributed by atoms with E-state index >= 15 is 0 Å². The number of aryl methyl sites for hydroxylation is 1. The third-order valence-corrected chi connectivity index (χ3v) is 5.09. The van der Waals surface area contributed by atoms with Crippen molar-refractivity contribution < 1.29 is 17.6 Å². The van der Waals surface area contributed by atoms with Gasteiger partial charge in [0, 0.05) is 43.3 Å². The number of aromatic nitrogens is 2. The number of hydrogen-bond acceptors (Lipinski definition) is 4. The van der Waals surface area contributed by atoms with Crippen LogP contribution in [0.4, 0.5) is 14.9 Å². The van der Waals surface area contributed by atoms with E-state index in [1.165, 1.54) is 12.1 Å². The molecule has 0 aliphatic carbocycles. The van der Waals surface area contributed by atoms with E-state index in [0.29, 0.717) is 6.54 Å². The minimum Gasteiger partial charge on any atom is -0.337 e. The minimum absolute atomic E-state index is 0.0620. The SMILES string of the molecule is CC(C)C(CNC(=O)Nc1ccc(F)cc1CS(C)(=O)=O)c1ccnn1C. The average molecular weight is 396 g/mol. The molecular weight excluding hydrogens is 371 g/mol. The standard InChI is InChI=1S/C18H25FN4O3S/c1-12(2)15(17-7-8-21-23(17)3)10-20-18(24)22-16-6-5-14(19)9-13(16)11-27(4,25)26/h5-9,12,15H,10-11H2,1-4H3,(H2,20,22,24). The van der Waals surface area contributed by atoms with Crippen LogP contribution in [0.3, 0.4) is 0 Å². The van der Waals surface area contributed by atoms with Crippen LogP contribution in [0.25, 0.3) is 0 Å². The number of urea groups is 1. The lowest BCUT2D eigenvalue weighted by Crippen LogP contribution is -2.34. The van der Waals surface area contributed by atoms with Gasteiger partial charge in [0.1, 0.15) is 5.82 Å². The van der Waals surface area contributed by atoms with Gasteiger partial charge in [-0.05, 0) is 35.7 Å². The van der Waals surface area contributed by atoms with Crippen LogP contribution in [-0.2, 0) is 22.6 Å². The zero-order valence-corrected chi connectivity index (χ0v) is 16.7. The number of nitrogens with zero attached hydrogens (tertiary/aromatic N) is 2. The van der Waals surface area contributed by atoms with Gasteiger partial charge in [-0.3, -0.25) is 4.68 Å². The molecule has 2 N–H and O–H groups in total. The van der Waals surface area contributed by atoms with Gasteiger partial charge in [0.05, 0.1) is 5.75 Å². The predicted molar refractivity (Wildman–Crippen MR) is 103 cm³/mol. The van der Waals surface area contributed by atoms with E-state index in [9.17, 15) is 17.6 Å². The number of carbonyl (C=O) groups excluding carboxylic acids is 1. The summed E-state index contributed by atoms with van der Waals surface area (Å²) in [7, 11) is -1.52. The first kappa shape index (κ1) is 20.9. The average Bonchev–Trinajstić information content (AvgIpc) is 2.94. The number of carbonyl (C=O) groups is 1. The van der Waals surface area contributed by atoms with Crippen molar-refractivity contribution in [3.63, 3.8) is 0 Å². The summed E-state index contributed by atoms with van der Waals surface area (Å²) in [4.78, 5) is 12.3. The second-order valence-electron chi connectivity index (χ2n) is 6.94. The highest BCUT2D eigenvalue weighted by atomic mass is 32.2. The minimum atomic E-state index is -3.37. The fourth-order valence-electron chi connectivity index (χ4n) is 2.88. The summed E-state index contributed by atoms with van der Waals surface area (Å²) >= 11 is 0. The van der Waals surface area contributed by atoms with Crippen molar-refractivity contribution in [2.45, 2.75) is 25.5 Å². The summed E-state index contributed by atoms with van der Waals surface area (Å²) in [5, 5.41) is 9.57. The molecule has 2 amide bonds. The Labute approximate surface area is 158 Å². The summed E-state index contributed by atoms with van der Waals surface area (Å²) in [5.74, 6) is -0.584. The Kier molecular flexibility index (Phi) is 6.59. The van der Waals surface area contributed by atoms with Crippen LogP contribution in [0.1, 0.15) is 31.0 Å². The van der Waals surface area contributed by atoms with Gasteiger partial charge in [0.25, 0.3) is 0 Å². The lowest BCUT2D eigenvalue weighted by atomic mass is 9.92. The predicted octanol–water partition coefficient (Wildman–Crippen LogP) is 2.67. The molecular formula is C18H25FN4O3S. The molecule has 0 fully saturated rings. The molecule has 0 bridgehead atoms. The number of hydrogen-bond donors (Lipinski definition) is 2. The van der Waals surface area contributed by atoms with Crippen LogP contribution >= 0.6 is 0 Å². The Morgan fingerprint density at radius 1 is 1.30 bits per heavy atom. The number of benzene rings is 1. The van der Waals surface area contributed by atoms with Gasteiger partial charge < -0.3 is 10.6 Å². The Bertz CT molecular complexity index is 909. The van der Waals surface area contributed by atoms with E-state index in [-0.39, 0.29) is 28.8 Å². The zero-order chi connectivity index (χ0) is 20.2. The maximum Gasteiger partial charge on any atom is 0.319 e. The van der Waals surface area contributed by atoms with E-state index in [2.05, 4.69) is 29.6 Å². The van der Waals surface area contributed by atoms with Gasteiger partial charge >= 0.3 is 6.03 Å². The molecule has 2 aromatic rings. The molecule has 0 aliphatic heterocycles. The highest BCUT2D eigenvalue weighted by molar-refractivity contribution is 7.89. The summed E-state index contributed by atoms with van der Waals surface area (Å²) in [5.41, 5.74) is 1.48. The van der Waals surface area contributed by atoms with Crippen molar-refractivity contribution in [3.05, 3.63) is 47.5 Å². The third kappa shape index (κ3) is 6.06. The maximum atomic E-state index is 13.5. The topological polar surface area (TPSA) is 93.1 Å². The first-order valence-electron chi connectivity index (χ1n) is 8.55. The largest absolute Gasteiger partial charge is 0.337 e. The molecule has 0 radical (unpaired) electrons. The van der Waals surface area contributed by atoms with Crippen molar-refractivity contribution in [2.24, 2.45) is 13.0 Å². The molecule has 27 heavy (non-hydrogen) atoms. The Morgan fingerprint density at radius 3 is 2.56 bits per heavy atom. The molecule has 0 spiro atoms. The van der Waals surface area contributed by atoms with Crippen molar-refractivity contribution in [2.75, 3.05) is 18.1 Å². The van der Waals surface area contributed by atoms with Crippen LogP contribution in [0.5, 0.6) is 0 Å². The zero-order valence-electron chi connectivity index (χ0n) is 15.9. The molecule has 0 saturated heterocycles. The molecule has 7 nitrogen and oxygen atoms in total. The van der Waals surface area contributed by atoms with E-state index < -0.39 is 21.7 Å². The van der Waals surface area contributed by atoms with Gasteiger partial charge in [-0.2, -0.15) is 5.10 Å². The summed E-state index contributed by atoms with van der Waals surface area (Å²) in [6.07, 6.45) is 2.77. The maximum absolute atomic E-state index is 13.5. The molecule has 148 valence electrons. The number of halogens is 1. The van der Waals surface area contributed by atoms with Crippen LogP contribution < -0.4 is 10.6 Å². The second kappa shape index (κ2) is 8.51. The first-order valence-corrected chi connectivity index (χ1v) is 10.6. The lowest BCUT2D eigenvalue weighted by molar-refractivity contribution is 0.250. The van der Waals surface area contributed by atoms with Gasteiger partial charge in [-0.25, -0.2) is 17.6 Å². The van der Waals surface area contributed by atoms with Gasteiger partial charge in [0.15, 0.2) is 9.84 Å². The fraction of sp³-hybridized carbons (Fsp3) is 0.444. The molecule has 1 aromatic heterocycles. The second-order valence-corrected chi connectivity index (χ2v) is 9.08. The molecule has 9 heteroatoms. The quantitative estimate of drug-likeness (QED) is 0.752. The van der Waals surface area contributed by atoms with Crippen molar-refractivity contribution in [1.82, 2.24) is 15.1 Å². The van der Waals surface area contributed by atoms with E-state index in [1.807, 2.05) is 13.1 Å². The van der Waals surface area contributed by atoms with Crippen LogP contribution in [0, 0.1) is 11.7 Å². The highest BCUT2D eigenvalue weighted by Crippen LogP contribution is 2.23. The highest BCUT2D eigenvalue weighted by Gasteiger charge is 2.20. The number of sulfone groups is 1. The molecule has 0 saturated carbocycles. The Morgan fingerprint density at radius 2 is 2.00 bits per heavy atom. The van der Waals surface area contributed by atoms with Crippen LogP contribution in [0.15, 0.2) is 30.5 Å². The molecule has 1 unspecified atom stereocenters. The third-order valence-electron chi connectivity index (χ3n) is 4.26. The van der Waals surface area contributed by atoms with Crippen LogP contribution in [-0.4, -0.2) is 37.0 Å². The lowest BCUT2D eigenvalue weighted by Gasteiger charge is -2.22. The monoisotopic (exact) mass is 396 g/mol. The number of anilines is 1. The van der Waals surface area contributed by atoms with Crippen molar-refractivity contribution >= 4 is 21.6 Å². The normalized spacial score (nSPS) is 12.8. The van der Waals surface area contributed by atoms with Crippen LogP contribution in [0.2, 0.25) is 0 Å². The fourth-order valence-corrected chi connectivity index (χ4v) is 3.69. The van der Waals surface area contributed by atoms with Gasteiger partial charge in [0.2, 0.25) is 0 Å². The molecule has 2 rings (SSSR count). The van der Waals surface area contributed by atoms with E-state index in [4.69, 9.17) is 0 Å². The van der Waals surface area contributed by atoms with E-state index in [0.717, 1.165) is 18.0 Å². The van der Waals surface area contributed by atoms with Gasteiger partial charge in [-0.1, -0.05) is 13.8 Å². The Hall–Kier alpha value is -2.42. The van der Waals surface area contributed by atoms with Gasteiger partial charge in [-0.15, -0.1) is 0 Å². The summed E-state index contributed by atoms with van der Waals surface area (Å²) in [6.45, 7) is 4.49.